The maximum absolute atomic E-state index is 12.5. The maximum Gasteiger partial charge on any atom is 0.262 e. The highest BCUT2D eigenvalue weighted by molar-refractivity contribution is 7.18. The van der Waals surface area contributed by atoms with Crippen molar-refractivity contribution in [3.8, 4) is 0 Å². The molecule has 0 unspecified atom stereocenters. The van der Waals surface area contributed by atoms with Gasteiger partial charge in [0.1, 0.15) is 11.4 Å². The van der Waals surface area contributed by atoms with E-state index >= 15 is 0 Å². The molecule has 0 saturated heterocycles. The molecule has 2 aromatic heterocycles. The van der Waals surface area contributed by atoms with Gasteiger partial charge in [-0.3, -0.25) is 14.2 Å². The van der Waals surface area contributed by atoms with Crippen molar-refractivity contribution in [3.63, 3.8) is 0 Å². The fourth-order valence-electron chi connectivity index (χ4n) is 2.27. The van der Waals surface area contributed by atoms with Gasteiger partial charge in [-0.15, -0.1) is 11.3 Å². The minimum absolute atomic E-state index is 0.0846. The van der Waals surface area contributed by atoms with Gasteiger partial charge < -0.3 is 5.32 Å². The lowest BCUT2D eigenvalue weighted by molar-refractivity contribution is -0.116. The zero-order valence-corrected chi connectivity index (χ0v) is 14.2. The van der Waals surface area contributed by atoms with Crippen molar-refractivity contribution >= 4 is 44.7 Å². The summed E-state index contributed by atoms with van der Waals surface area (Å²) in [5.41, 5.74) is 1.36. The second kappa shape index (κ2) is 6.14. The van der Waals surface area contributed by atoms with Crippen LogP contribution in [0.1, 0.15) is 10.4 Å². The highest BCUT2D eigenvalue weighted by Crippen LogP contribution is 2.25. The number of anilines is 1. The van der Waals surface area contributed by atoms with Crippen LogP contribution >= 0.6 is 22.9 Å². The average molecular weight is 348 g/mol. The SMILES string of the molecule is Cc1sc2ncn(CC(=O)Nc3ccc(Cl)cc3)c(=O)c2c1C. The molecule has 0 aliphatic heterocycles. The summed E-state index contributed by atoms with van der Waals surface area (Å²) in [5.74, 6) is -0.292. The van der Waals surface area contributed by atoms with E-state index in [0.29, 0.717) is 20.9 Å². The number of fused-ring (bicyclic) bond motifs is 1. The lowest BCUT2D eigenvalue weighted by Crippen LogP contribution is -2.27. The van der Waals surface area contributed by atoms with Gasteiger partial charge in [-0.1, -0.05) is 11.6 Å². The molecular formula is C16H14ClN3O2S. The van der Waals surface area contributed by atoms with Gasteiger partial charge in [-0.2, -0.15) is 0 Å². The molecule has 0 aliphatic carbocycles. The van der Waals surface area contributed by atoms with Crippen LogP contribution < -0.4 is 10.9 Å². The number of hydrogen-bond donors (Lipinski definition) is 1. The Hall–Kier alpha value is -2.18. The molecule has 23 heavy (non-hydrogen) atoms. The van der Waals surface area contributed by atoms with Crippen LogP contribution in [0.5, 0.6) is 0 Å². The van der Waals surface area contributed by atoms with Crippen molar-refractivity contribution in [2.75, 3.05) is 5.32 Å². The molecule has 3 aromatic rings. The predicted molar refractivity (Wildman–Crippen MR) is 93.4 cm³/mol. The van der Waals surface area contributed by atoms with Gasteiger partial charge in [0.05, 0.1) is 11.7 Å². The molecule has 0 saturated carbocycles. The van der Waals surface area contributed by atoms with Gasteiger partial charge in [-0.05, 0) is 43.7 Å². The van der Waals surface area contributed by atoms with E-state index in [9.17, 15) is 9.59 Å². The van der Waals surface area contributed by atoms with Crippen LogP contribution in [0.4, 0.5) is 5.69 Å². The molecule has 1 N–H and O–H groups in total. The number of halogens is 1. The lowest BCUT2D eigenvalue weighted by Gasteiger charge is -2.07. The second-order valence-electron chi connectivity index (χ2n) is 5.20. The summed E-state index contributed by atoms with van der Waals surface area (Å²) in [7, 11) is 0. The standard InChI is InChI=1S/C16H14ClN3O2S/c1-9-10(2)23-15-14(9)16(22)20(8-18-15)7-13(21)19-12-5-3-11(17)4-6-12/h3-6,8H,7H2,1-2H3,(H,19,21). The molecule has 1 aromatic carbocycles. The molecule has 5 nitrogen and oxygen atoms in total. The van der Waals surface area contributed by atoms with Crippen LogP contribution in [0.25, 0.3) is 10.2 Å². The number of nitrogens with one attached hydrogen (secondary N) is 1. The third-order valence-electron chi connectivity index (χ3n) is 3.60. The summed E-state index contributed by atoms with van der Waals surface area (Å²) < 4.78 is 1.33. The second-order valence-corrected chi connectivity index (χ2v) is 6.84. The quantitative estimate of drug-likeness (QED) is 0.790. The first-order valence-electron chi connectivity index (χ1n) is 6.96. The monoisotopic (exact) mass is 347 g/mol. The summed E-state index contributed by atoms with van der Waals surface area (Å²) in [6.07, 6.45) is 1.42. The molecule has 0 aliphatic rings. The van der Waals surface area contributed by atoms with Crippen molar-refractivity contribution in [1.29, 1.82) is 0 Å². The summed E-state index contributed by atoms with van der Waals surface area (Å²) in [5, 5.41) is 3.92. The first kappa shape index (κ1) is 15.7. The Morgan fingerprint density at radius 2 is 2.00 bits per heavy atom. The highest BCUT2D eigenvalue weighted by atomic mass is 35.5. The smallest absolute Gasteiger partial charge is 0.262 e. The number of rotatable bonds is 3. The fourth-order valence-corrected chi connectivity index (χ4v) is 3.38. The Kier molecular flexibility index (Phi) is 4.19. The minimum atomic E-state index is -0.292. The first-order chi connectivity index (χ1) is 11.0. The summed E-state index contributed by atoms with van der Waals surface area (Å²) >= 11 is 7.29. The van der Waals surface area contributed by atoms with E-state index in [-0.39, 0.29) is 18.0 Å². The molecule has 3 rings (SSSR count). The number of benzene rings is 1. The number of hydrogen-bond acceptors (Lipinski definition) is 4. The third-order valence-corrected chi connectivity index (χ3v) is 4.96. The van der Waals surface area contributed by atoms with Crippen molar-refractivity contribution < 1.29 is 4.79 Å². The topological polar surface area (TPSA) is 64.0 Å². The van der Waals surface area contributed by atoms with E-state index in [2.05, 4.69) is 10.3 Å². The molecular weight excluding hydrogens is 334 g/mol. The van der Waals surface area contributed by atoms with E-state index < -0.39 is 0 Å². The number of amides is 1. The molecule has 0 spiro atoms. The largest absolute Gasteiger partial charge is 0.325 e. The summed E-state index contributed by atoms with van der Waals surface area (Å²) in [6.45, 7) is 3.77. The van der Waals surface area contributed by atoms with Crippen LogP contribution in [0, 0.1) is 13.8 Å². The molecule has 2 heterocycles. The molecule has 118 valence electrons. The van der Waals surface area contributed by atoms with Gasteiger partial charge in [0.15, 0.2) is 0 Å². The minimum Gasteiger partial charge on any atom is -0.325 e. The van der Waals surface area contributed by atoms with E-state index in [1.165, 1.54) is 22.2 Å². The first-order valence-corrected chi connectivity index (χ1v) is 8.15. The zero-order valence-electron chi connectivity index (χ0n) is 12.6. The number of nitrogens with zero attached hydrogens (tertiary/aromatic N) is 2. The molecule has 0 fully saturated rings. The van der Waals surface area contributed by atoms with Crippen molar-refractivity contribution in [2.45, 2.75) is 20.4 Å². The van der Waals surface area contributed by atoms with Crippen LogP contribution in [-0.2, 0) is 11.3 Å². The van der Waals surface area contributed by atoms with Crippen LogP contribution in [0.15, 0.2) is 35.4 Å². The average Bonchev–Trinajstić information content (AvgIpc) is 2.80. The Morgan fingerprint density at radius 1 is 1.30 bits per heavy atom. The number of aromatic nitrogens is 2. The third kappa shape index (κ3) is 3.13. The Labute approximate surface area is 141 Å². The number of carbonyl (C=O) groups excluding carboxylic acids is 1. The van der Waals surface area contributed by atoms with Crippen LogP contribution in [-0.4, -0.2) is 15.5 Å². The molecule has 0 radical (unpaired) electrons. The van der Waals surface area contributed by atoms with Gasteiger partial charge in [0, 0.05) is 15.6 Å². The Morgan fingerprint density at radius 3 is 2.70 bits per heavy atom. The van der Waals surface area contributed by atoms with Crippen LogP contribution in [0.3, 0.4) is 0 Å². The number of aryl methyl sites for hydroxylation is 2. The van der Waals surface area contributed by atoms with Crippen molar-refractivity contribution in [2.24, 2.45) is 0 Å². The lowest BCUT2D eigenvalue weighted by atomic mass is 10.2. The summed E-state index contributed by atoms with van der Waals surface area (Å²) in [6, 6.07) is 6.79. The molecule has 0 atom stereocenters. The number of thiophene rings is 1. The Bertz CT molecular complexity index is 944. The fraction of sp³-hybridized carbons (Fsp3) is 0.188. The van der Waals surface area contributed by atoms with Gasteiger partial charge in [0.25, 0.3) is 5.56 Å². The van der Waals surface area contributed by atoms with E-state index in [0.717, 1.165) is 10.4 Å². The van der Waals surface area contributed by atoms with Gasteiger partial charge >= 0.3 is 0 Å². The molecule has 1 amide bonds. The number of carbonyl (C=O) groups is 1. The maximum atomic E-state index is 12.5. The Balaban J connectivity index is 1.85. The van der Waals surface area contributed by atoms with E-state index in [1.807, 2.05) is 13.8 Å². The highest BCUT2D eigenvalue weighted by Gasteiger charge is 2.13. The van der Waals surface area contributed by atoms with Crippen molar-refractivity contribution in [1.82, 2.24) is 9.55 Å². The van der Waals surface area contributed by atoms with E-state index in [1.54, 1.807) is 24.3 Å². The van der Waals surface area contributed by atoms with E-state index in [4.69, 9.17) is 11.6 Å². The summed E-state index contributed by atoms with van der Waals surface area (Å²) in [4.78, 5) is 30.7. The van der Waals surface area contributed by atoms with Gasteiger partial charge in [-0.25, -0.2) is 4.98 Å². The van der Waals surface area contributed by atoms with Gasteiger partial charge in [0.2, 0.25) is 5.91 Å². The molecule has 0 bridgehead atoms. The normalized spacial score (nSPS) is 10.9. The zero-order chi connectivity index (χ0) is 16.6. The molecule has 7 heteroatoms. The predicted octanol–water partition coefficient (Wildman–Crippen LogP) is 3.37. The van der Waals surface area contributed by atoms with Crippen LogP contribution in [0.2, 0.25) is 5.02 Å². The van der Waals surface area contributed by atoms with Crippen molar-refractivity contribution in [3.05, 3.63) is 56.4 Å².